The number of hydrogen-bond donors (Lipinski definition) is 0. The summed E-state index contributed by atoms with van der Waals surface area (Å²) < 4.78 is 0. The molecule has 0 nitrogen and oxygen atoms in total. The molecule has 3 rings (SSSR count). The Kier molecular flexibility index (Phi) is 9.51. The van der Waals surface area contributed by atoms with Gasteiger partial charge in [-0.2, -0.15) is 0 Å². The minimum atomic E-state index is 1.05. The lowest BCUT2D eigenvalue weighted by molar-refractivity contribution is 0.613. The summed E-state index contributed by atoms with van der Waals surface area (Å²) in [7, 11) is 0. The highest BCUT2D eigenvalue weighted by atomic mass is 14.1. The molecule has 33 heavy (non-hydrogen) atoms. The average Bonchev–Trinajstić information content (AvgIpc) is 2.84. The molecule has 0 unspecified atom stereocenters. The van der Waals surface area contributed by atoms with Crippen molar-refractivity contribution in [2.75, 3.05) is 0 Å². The van der Waals surface area contributed by atoms with Gasteiger partial charge in [-0.1, -0.05) is 129 Å². The summed E-state index contributed by atoms with van der Waals surface area (Å²) in [6, 6.07) is 26.7. The van der Waals surface area contributed by atoms with E-state index in [1.54, 1.807) is 0 Å². The van der Waals surface area contributed by atoms with Crippen molar-refractivity contribution in [3.05, 3.63) is 126 Å². The van der Waals surface area contributed by atoms with E-state index in [9.17, 15) is 0 Å². The van der Waals surface area contributed by atoms with Crippen molar-refractivity contribution in [1.82, 2.24) is 0 Å². The number of allylic oxidation sites excluding steroid dienone is 4. The van der Waals surface area contributed by atoms with Gasteiger partial charge >= 0.3 is 0 Å². The van der Waals surface area contributed by atoms with E-state index in [-0.39, 0.29) is 0 Å². The Morgan fingerprint density at radius 2 is 1.30 bits per heavy atom. The minimum Gasteiger partial charge on any atom is -0.0988 e. The van der Waals surface area contributed by atoms with Gasteiger partial charge in [-0.25, -0.2) is 0 Å². The Labute approximate surface area is 201 Å². The molecule has 0 aliphatic heterocycles. The third-order valence-corrected chi connectivity index (χ3v) is 6.28. The molecule has 0 saturated carbocycles. The zero-order valence-electron chi connectivity index (χ0n) is 20.4. The van der Waals surface area contributed by atoms with E-state index < -0.39 is 0 Å². The Bertz CT molecular complexity index is 1060. The average molecular weight is 435 g/mol. The molecule has 0 fully saturated rings. The van der Waals surface area contributed by atoms with Crippen LogP contribution in [0.5, 0.6) is 0 Å². The highest BCUT2D eigenvalue weighted by Crippen LogP contribution is 2.22. The molecule has 3 aromatic carbocycles. The van der Waals surface area contributed by atoms with Gasteiger partial charge in [0.2, 0.25) is 0 Å². The number of benzene rings is 3. The molecule has 170 valence electrons. The maximum Gasteiger partial charge on any atom is -0.0181 e. The van der Waals surface area contributed by atoms with Crippen LogP contribution in [0.25, 0.3) is 16.7 Å². The first-order chi connectivity index (χ1) is 16.0. The minimum absolute atomic E-state index is 1.05. The quantitative estimate of drug-likeness (QED) is 0.197. The standard InChI is InChI=1S/C33H38/c1-5-26(2)24-28(4)31-20-16-29(17-21-31)13-9-7-6-8-10-14-30-18-22-32(23-19-30)33-15-11-12-27(3)25-33/h5,11-12,15-25H,1,4,6-10,13-14H2,2-3H3/b26-24-. The molecule has 0 aliphatic carbocycles. The van der Waals surface area contributed by atoms with Gasteiger partial charge in [0.1, 0.15) is 0 Å². The number of unbranched alkanes of at least 4 members (excludes halogenated alkanes) is 4. The summed E-state index contributed by atoms with van der Waals surface area (Å²) in [5.74, 6) is 0. The molecule has 0 spiro atoms. The zero-order chi connectivity index (χ0) is 23.5. The molecule has 0 bridgehead atoms. The summed E-state index contributed by atoms with van der Waals surface area (Å²) in [6.07, 6.45) is 12.8. The predicted molar refractivity (Wildman–Crippen MR) is 147 cm³/mol. The number of hydrogen-bond acceptors (Lipinski definition) is 0. The van der Waals surface area contributed by atoms with Crippen LogP contribution in [0.1, 0.15) is 61.3 Å². The molecule has 0 N–H and O–H groups in total. The van der Waals surface area contributed by atoms with E-state index in [1.807, 2.05) is 6.08 Å². The first kappa shape index (κ1) is 24.5. The summed E-state index contributed by atoms with van der Waals surface area (Å²) in [4.78, 5) is 0. The van der Waals surface area contributed by atoms with E-state index >= 15 is 0 Å². The Balaban J connectivity index is 1.32. The van der Waals surface area contributed by atoms with Gasteiger partial charge in [-0.05, 0) is 72.9 Å². The lowest BCUT2D eigenvalue weighted by atomic mass is 9.99. The summed E-state index contributed by atoms with van der Waals surface area (Å²) in [5, 5.41) is 0. The highest BCUT2D eigenvalue weighted by Gasteiger charge is 2.01. The monoisotopic (exact) mass is 434 g/mol. The first-order valence-corrected chi connectivity index (χ1v) is 12.3. The molecular formula is C33H38. The van der Waals surface area contributed by atoms with Crippen LogP contribution in [0.4, 0.5) is 0 Å². The molecule has 3 aromatic rings. The third-order valence-electron chi connectivity index (χ3n) is 6.28. The van der Waals surface area contributed by atoms with Crippen LogP contribution in [0.3, 0.4) is 0 Å². The summed E-state index contributed by atoms with van der Waals surface area (Å²) in [6.45, 7) is 12.2. The molecule has 0 radical (unpaired) electrons. The maximum absolute atomic E-state index is 4.17. The number of aryl methyl sites for hydroxylation is 3. The molecule has 0 saturated heterocycles. The molecule has 0 heteroatoms. The Hall–Kier alpha value is -3.12. The second kappa shape index (κ2) is 12.8. The second-order valence-electron chi connectivity index (χ2n) is 9.15. The fraction of sp³-hybridized carbons (Fsp3) is 0.273. The van der Waals surface area contributed by atoms with Gasteiger partial charge in [-0.3, -0.25) is 0 Å². The smallest absolute Gasteiger partial charge is 0.0181 e. The van der Waals surface area contributed by atoms with Gasteiger partial charge < -0.3 is 0 Å². The van der Waals surface area contributed by atoms with Gasteiger partial charge in [-0.15, -0.1) is 0 Å². The van der Waals surface area contributed by atoms with E-state index in [1.165, 1.54) is 71.9 Å². The predicted octanol–water partition coefficient (Wildman–Crippen LogP) is 9.54. The van der Waals surface area contributed by atoms with Crippen LogP contribution in [0, 0.1) is 6.92 Å². The summed E-state index contributed by atoms with van der Waals surface area (Å²) >= 11 is 0. The van der Waals surface area contributed by atoms with Crippen LogP contribution < -0.4 is 0 Å². The largest absolute Gasteiger partial charge is 0.0988 e. The van der Waals surface area contributed by atoms with E-state index in [2.05, 4.69) is 106 Å². The lowest BCUT2D eigenvalue weighted by Gasteiger charge is -2.07. The normalized spacial score (nSPS) is 11.4. The van der Waals surface area contributed by atoms with Crippen molar-refractivity contribution in [1.29, 1.82) is 0 Å². The topological polar surface area (TPSA) is 0 Å². The zero-order valence-corrected chi connectivity index (χ0v) is 20.4. The SMILES string of the molecule is C=C/C(C)=C\C(=C)c1ccc(CCCCCCCc2ccc(-c3cccc(C)c3)cc2)cc1. The maximum atomic E-state index is 4.17. The van der Waals surface area contributed by atoms with Gasteiger partial charge in [0.15, 0.2) is 0 Å². The first-order valence-electron chi connectivity index (χ1n) is 12.3. The van der Waals surface area contributed by atoms with Crippen molar-refractivity contribution in [3.63, 3.8) is 0 Å². The van der Waals surface area contributed by atoms with Crippen LogP contribution in [-0.2, 0) is 12.8 Å². The summed E-state index contributed by atoms with van der Waals surface area (Å²) in [5.41, 5.74) is 10.2. The van der Waals surface area contributed by atoms with Crippen LogP contribution in [-0.4, -0.2) is 0 Å². The molecule has 0 heterocycles. The van der Waals surface area contributed by atoms with Crippen molar-refractivity contribution in [2.24, 2.45) is 0 Å². The molecule has 0 atom stereocenters. The van der Waals surface area contributed by atoms with Crippen molar-refractivity contribution in [3.8, 4) is 11.1 Å². The Morgan fingerprint density at radius 1 is 0.727 bits per heavy atom. The van der Waals surface area contributed by atoms with Crippen molar-refractivity contribution in [2.45, 2.75) is 58.8 Å². The van der Waals surface area contributed by atoms with Crippen molar-refractivity contribution < 1.29 is 0 Å². The molecular weight excluding hydrogens is 396 g/mol. The van der Waals surface area contributed by atoms with Crippen molar-refractivity contribution >= 4 is 5.57 Å². The Morgan fingerprint density at radius 3 is 1.88 bits per heavy atom. The van der Waals surface area contributed by atoms with E-state index in [0.717, 1.165) is 17.6 Å². The van der Waals surface area contributed by atoms with Gasteiger partial charge in [0.05, 0.1) is 0 Å². The fourth-order valence-electron chi connectivity index (χ4n) is 4.18. The van der Waals surface area contributed by atoms with Crippen LogP contribution in [0.15, 0.2) is 104 Å². The molecule has 0 amide bonds. The molecule has 0 aromatic heterocycles. The number of rotatable bonds is 12. The van der Waals surface area contributed by atoms with Crippen LogP contribution >= 0.6 is 0 Å². The van der Waals surface area contributed by atoms with Crippen LogP contribution in [0.2, 0.25) is 0 Å². The molecule has 0 aliphatic rings. The van der Waals surface area contributed by atoms with Gasteiger partial charge in [0, 0.05) is 0 Å². The second-order valence-corrected chi connectivity index (χ2v) is 9.15. The lowest BCUT2D eigenvalue weighted by Crippen LogP contribution is -1.89. The third kappa shape index (κ3) is 8.06. The van der Waals surface area contributed by atoms with Gasteiger partial charge in [0.25, 0.3) is 0 Å². The highest BCUT2D eigenvalue weighted by molar-refractivity contribution is 5.73. The fourth-order valence-corrected chi connectivity index (χ4v) is 4.18. The van der Waals surface area contributed by atoms with E-state index in [4.69, 9.17) is 0 Å². The van der Waals surface area contributed by atoms with E-state index in [0.29, 0.717) is 0 Å².